The maximum Gasteiger partial charge on any atom is 0.323 e. The van der Waals surface area contributed by atoms with E-state index in [0.717, 1.165) is 11.4 Å². The molecule has 0 fully saturated rings. The summed E-state index contributed by atoms with van der Waals surface area (Å²) in [6, 6.07) is 17.4. The molecule has 0 spiro atoms. The number of unbranched alkanes of at least 4 members (excludes halogenated alkanes) is 1. The predicted molar refractivity (Wildman–Crippen MR) is 167 cm³/mol. The molecule has 0 saturated heterocycles. The predicted octanol–water partition coefficient (Wildman–Crippen LogP) is 4.09. The van der Waals surface area contributed by atoms with Crippen LogP contribution in [0.1, 0.15) is 19.3 Å². The topological polar surface area (TPSA) is 141 Å². The van der Waals surface area contributed by atoms with Crippen LogP contribution >= 0.6 is 0 Å². The first-order chi connectivity index (χ1) is 19.8. The van der Waals surface area contributed by atoms with E-state index in [2.05, 4.69) is 0 Å². The van der Waals surface area contributed by atoms with Gasteiger partial charge in [-0.3, -0.25) is 4.79 Å². The number of rotatable bonds is 12. The molecule has 4 rings (SSSR count). The number of aliphatic carboxylic acids is 1. The van der Waals surface area contributed by atoms with Crippen molar-refractivity contribution in [2.45, 2.75) is 35.1 Å². The minimum absolute atomic E-state index is 0.201. The first kappa shape index (κ1) is 31.2. The second-order valence-electron chi connectivity index (χ2n) is 10.4. The Morgan fingerprint density at radius 1 is 0.690 bits per heavy atom. The van der Waals surface area contributed by atoms with Crippen LogP contribution in [0.3, 0.4) is 0 Å². The first-order valence-corrected chi connectivity index (χ1v) is 16.3. The van der Waals surface area contributed by atoms with Gasteiger partial charge >= 0.3 is 5.97 Å². The number of benzene rings is 4. The number of carboxylic acids is 1. The van der Waals surface area contributed by atoms with Crippen LogP contribution in [-0.2, 0) is 24.8 Å². The van der Waals surface area contributed by atoms with Gasteiger partial charge in [0.2, 0.25) is 0 Å². The molecule has 224 valence electrons. The summed E-state index contributed by atoms with van der Waals surface area (Å²) >= 11 is 0. The van der Waals surface area contributed by atoms with Crippen molar-refractivity contribution in [2.24, 2.45) is 5.73 Å². The third kappa shape index (κ3) is 5.67. The number of anilines is 2. The van der Waals surface area contributed by atoms with Gasteiger partial charge in [-0.15, -0.1) is 0 Å². The number of hydrogen-bond donors (Lipinski definition) is 2. The number of sulfonamides is 2. The van der Waals surface area contributed by atoms with Crippen LogP contribution in [0.15, 0.2) is 82.6 Å². The zero-order valence-electron chi connectivity index (χ0n) is 24.1. The van der Waals surface area contributed by atoms with Crippen molar-refractivity contribution in [3.8, 4) is 0 Å². The van der Waals surface area contributed by atoms with E-state index in [1.54, 1.807) is 36.4 Å². The van der Waals surface area contributed by atoms with Gasteiger partial charge in [-0.05, 0) is 50.1 Å². The van der Waals surface area contributed by atoms with Crippen molar-refractivity contribution in [3.05, 3.63) is 72.8 Å². The van der Waals surface area contributed by atoms with E-state index >= 15 is 0 Å². The summed E-state index contributed by atoms with van der Waals surface area (Å²) in [5, 5.41) is 12.0. The van der Waals surface area contributed by atoms with Crippen LogP contribution in [-0.4, -0.2) is 72.4 Å². The van der Waals surface area contributed by atoms with Crippen LogP contribution in [0, 0.1) is 0 Å². The quantitative estimate of drug-likeness (QED) is 0.226. The van der Waals surface area contributed by atoms with Gasteiger partial charge in [0.05, 0.1) is 9.79 Å². The Labute approximate surface area is 247 Å². The number of hydrogen-bond acceptors (Lipinski definition) is 8. The lowest BCUT2D eigenvalue weighted by molar-refractivity contribution is -0.140. The summed E-state index contributed by atoms with van der Waals surface area (Å²) in [4.78, 5) is 15.7. The Morgan fingerprint density at radius 3 is 1.48 bits per heavy atom. The summed E-state index contributed by atoms with van der Waals surface area (Å²) in [5.74, 6) is -1.57. The third-order valence-electron chi connectivity index (χ3n) is 7.18. The van der Waals surface area contributed by atoms with E-state index in [9.17, 15) is 26.7 Å². The zero-order valence-corrected chi connectivity index (χ0v) is 25.7. The fourth-order valence-corrected chi connectivity index (χ4v) is 9.60. The molecule has 0 heterocycles. The lowest BCUT2D eigenvalue weighted by Gasteiger charge is -2.29. The van der Waals surface area contributed by atoms with Gasteiger partial charge in [-0.1, -0.05) is 52.2 Å². The molecule has 1 atom stereocenters. The van der Waals surface area contributed by atoms with Crippen molar-refractivity contribution in [1.29, 1.82) is 0 Å². The summed E-state index contributed by atoms with van der Waals surface area (Å²) in [7, 11) is -2.65. The minimum atomic E-state index is -4.95. The number of carboxylic acid groups (broad SMARTS) is 1. The highest BCUT2D eigenvalue weighted by atomic mass is 32.3. The molecule has 42 heavy (non-hydrogen) atoms. The molecule has 4 aromatic carbocycles. The molecular formula is C30H36N4O6S2. The Morgan fingerprint density at radius 2 is 1.10 bits per heavy atom. The Bertz CT molecular complexity index is 1720. The van der Waals surface area contributed by atoms with Crippen LogP contribution in [0.4, 0.5) is 11.4 Å². The van der Waals surface area contributed by atoms with Crippen LogP contribution < -0.4 is 15.5 Å². The third-order valence-corrected chi connectivity index (χ3v) is 11.6. The Hall–Kier alpha value is -3.71. The van der Waals surface area contributed by atoms with Crippen LogP contribution in [0.2, 0.25) is 0 Å². The summed E-state index contributed by atoms with van der Waals surface area (Å²) < 4.78 is 58.5. The van der Waals surface area contributed by atoms with Crippen LogP contribution in [0.5, 0.6) is 0 Å². The van der Waals surface area contributed by atoms with Gasteiger partial charge in [0.1, 0.15) is 6.04 Å². The molecule has 0 aliphatic heterocycles. The minimum Gasteiger partial charge on any atom is -0.480 e. The second-order valence-corrected chi connectivity index (χ2v) is 14.2. The molecule has 0 bridgehead atoms. The number of carbonyl (C=O) groups is 1. The van der Waals surface area contributed by atoms with E-state index in [0.29, 0.717) is 17.2 Å². The Kier molecular flexibility index (Phi) is 9.12. The normalized spacial score (nSPS) is 13.0. The molecule has 0 aliphatic carbocycles. The summed E-state index contributed by atoms with van der Waals surface area (Å²) in [5.41, 5.74) is 7.06. The highest BCUT2D eigenvalue weighted by Crippen LogP contribution is 2.38. The van der Waals surface area contributed by atoms with Crippen molar-refractivity contribution in [3.63, 3.8) is 0 Å². The number of nitrogens with zero attached hydrogens (tertiary/aromatic N) is 3. The maximum atomic E-state index is 14.6. The average molecular weight is 613 g/mol. The number of nitrogens with two attached hydrogens (primary N) is 1. The van der Waals surface area contributed by atoms with Gasteiger partial charge < -0.3 is 20.6 Å². The molecule has 0 unspecified atom stereocenters. The average Bonchev–Trinajstić information content (AvgIpc) is 2.94. The zero-order chi connectivity index (χ0) is 30.8. The van der Waals surface area contributed by atoms with Crippen molar-refractivity contribution in [1.82, 2.24) is 3.71 Å². The van der Waals surface area contributed by atoms with E-state index in [4.69, 9.17) is 5.73 Å². The Balaban J connectivity index is 2.05. The van der Waals surface area contributed by atoms with Crippen molar-refractivity contribution in [2.75, 3.05) is 44.5 Å². The molecule has 12 heteroatoms. The van der Waals surface area contributed by atoms with Gasteiger partial charge in [0.25, 0.3) is 20.0 Å². The molecule has 0 radical (unpaired) electrons. The van der Waals surface area contributed by atoms with Gasteiger partial charge in [-0.2, -0.15) is 0 Å². The van der Waals surface area contributed by atoms with E-state index in [-0.39, 0.29) is 43.7 Å². The first-order valence-electron chi connectivity index (χ1n) is 13.4. The van der Waals surface area contributed by atoms with Gasteiger partial charge in [0, 0.05) is 61.1 Å². The largest absolute Gasteiger partial charge is 0.480 e. The van der Waals surface area contributed by atoms with Crippen LogP contribution in [0.25, 0.3) is 21.5 Å². The van der Waals surface area contributed by atoms with E-state index < -0.39 is 32.1 Å². The summed E-state index contributed by atoms with van der Waals surface area (Å²) in [6.45, 7) is 0.249. The lowest BCUT2D eigenvalue weighted by Crippen LogP contribution is -2.48. The maximum absolute atomic E-state index is 14.6. The van der Waals surface area contributed by atoms with Gasteiger partial charge in [-0.25, -0.2) is 16.8 Å². The molecule has 4 aromatic rings. The van der Waals surface area contributed by atoms with Crippen molar-refractivity contribution >= 4 is 58.9 Å². The molecule has 0 amide bonds. The molecule has 3 N–H and O–H groups in total. The smallest absolute Gasteiger partial charge is 0.323 e. The van der Waals surface area contributed by atoms with E-state index in [1.165, 1.54) is 24.3 Å². The number of fused-ring (bicyclic) bond motifs is 2. The molecule has 10 nitrogen and oxygen atoms in total. The fraction of sp³-hybridized carbons (Fsp3) is 0.300. The molecule has 0 aromatic heterocycles. The fourth-order valence-electron chi connectivity index (χ4n) is 5.22. The second kappa shape index (κ2) is 12.3. The monoisotopic (exact) mass is 612 g/mol. The van der Waals surface area contributed by atoms with Crippen molar-refractivity contribution < 1.29 is 26.7 Å². The standard InChI is InChI=1S/C30H36N4O6S2/c1-32(2)25-16-7-13-23-21(25)11-9-18-28(23)41(37,38)34(27(30(35)36)15-5-6-20-31)42(39,40)29-19-10-12-22-24(29)14-8-17-26(22)33(3)4/h7-14,16-19,27H,5-6,15,20,31H2,1-4H3,(H,35,36)/t27-/m0/s1. The van der Waals surface area contributed by atoms with E-state index in [1.807, 2.05) is 50.1 Å². The SMILES string of the molecule is CN(C)c1cccc2c(S(=O)(=O)N([C@@H](CCCCN)C(=O)O)S(=O)(=O)c3cccc4c(N(C)C)cccc34)cccc12. The molecular weight excluding hydrogens is 576 g/mol. The van der Waals surface area contributed by atoms with Gasteiger partial charge in [0.15, 0.2) is 0 Å². The lowest BCUT2D eigenvalue weighted by atomic mass is 10.1. The molecule has 0 aliphatic rings. The highest BCUT2D eigenvalue weighted by Gasteiger charge is 2.46. The highest BCUT2D eigenvalue weighted by molar-refractivity contribution is 8.04. The summed E-state index contributed by atoms with van der Waals surface area (Å²) in [6.07, 6.45) is 0.376. The molecule has 0 saturated carbocycles.